The van der Waals surface area contributed by atoms with Crippen LogP contribution in [0.2, 0.25) is 5.02 Å². The average molecular weight is 267 g/mol. The lowest BCUT2D eigenvalue weighted by Crippen LogP contribution is -2.18. The molecule has 1 aliphatic rings. The molecule has 0 radical (unpaired) electrons. The molecule has 1 atom stereocenters. The molecule has 0 aromatic heterocycles. The van der Waals surface area contributed by atoms with Crippen molar-refractivity contribution in [1.29, 1.82) is 0 Å². The Kier molecular flexibility index (Phi) is 3.53. The number of rotatable bonds is 3. The number of primary amides is 1. The number of carbonyl (C=O) groups excluding carboxylic acids is 1. The van der Waals surface area contributed by atoms with Crippen LogP contribution in [-0.2, 0) is 0 Å². The van der Waals surface area contributed by atoms with Gasteiger partial charge in [-0.15, -0.1) is 0 Å². The third-order valence-corrected chi connectivity index (χ3v) is 3.91. The first-order chi connectivity index (χ1) is 8.37. The molecule has 1 aliphatic carbocycles. The van der Waals surface area contributed by atoms with E-state index < -0.39 is 5.91 Å². The largest absolute Gasteiger partial charge is 0.381 e. The highest BCUT2D eigenvalue weighted by Gasteiger charge is 2.31. The fourth-order valence-corrected chi connectivity index (χ4v) is 2.74. The number of nitrogens with two attached hydrogens (primary N) is 1. The van der Waals surface area contributed by atoms with Gasteiger partial charge in [-0.2, -0.15) is 0 Å². The van der Waals surface area contributed by atoms with Crippen LogP contribution in [0.3, 0.4) is 0 Å². The smallest absolute Gasteiger partial charge is 0.248 e. The van der Waals surface area contributed by atoms with Crippen molar-refractivity contribution in [2.24, 2.45) is 11.1 Å². The number of benzene rings is 1. The quantitative estimate of drug-likeness (QED) is 0.881. The zero-order valence-corrected chi connectivity index (χ0v) is 11.6. The second-order valence-corrected chi connectivity index (χ2v) is 6.21. The van der Waals surface area contributed by atoms with E-state index in [4.69, 9.17) is 17.3 Å². The summed E-state index contributed by atoms with van der Waals surface area (Å²) in [5.74, 6) is -0.429. The molecule has 1 saturated carbocycles. The van der Waals surface area contributed by atoms with Gasteiger partial charge in [-0.25, -0.2) is 0 Å². The van der Waals surface area contributed by atoms with E-state index >= 15 is 0 Å². The fourth-order valence-electron chi connectivity index (χ4n) is 2.57. The Morgan fingerprint density at radius 3 is 2.78 bits per heavy atom. The van der Waals surface area contributed by atoms with Crippen LogP contribution in [0.5, 0.6) is 0 Å². The Bertz CT molecular complexity index is 471. The summed E-state index contributed by atoms with van der Waals surface area (Å²) in [5.41, 5.74) is 6.94. The summed E-state index contributed by atoms with van der Waals surface area (Å²) in [7, 11) is 0. The maximum Gasteiger partial charge on any atom is 0.248 e. The van der Waals surface area contributed by atoms with Crippen LogP contribution in [0.1, 0.15) is 43.5 Å². The summed E-state index contributed by atoms with van der Waals surface area (Å²) in [4.78, 5) is 11.2. The summed E-state index contributed by atoms with van der Waals surface area (Å²) in [6.45, 7) is 4.55. The number of hydrogen-bond donors (Lipinski definition) is 2. The van der Waals surface area contributed by atoms with Gasteiger partial charge in [0.1, 0.15) is 0 Å². The Balaban J connectivity index is 2.14. The third kappa shape index (κ3) is 2.96. The van der Waals surface area contributed by atoms with Crippen molar-refractivity contribution in [2.75, 3.05) is 5.32 Å². The van der Waals surface area contributed by atoms with Crippen LogP contribution >= 0.6 is 11.6 Å². The number of anilines is 1. The zero-order valence-electron chi connectivity index (χ0n) is 10.8. The van der Waals surface area contributed by atoms with E-state index in [2.05, 4.69) is 19.2 Å². The molecule has 3 N–H and O–H groups in total. The van der Waals surface area contributed by atoms with Gasteiger partial charge < -0.3 is 11.1 Å². The predicted octanol–water partition coefficient (Wildman–Crippen LogP) is 3.43. The highest BCUT2D eigenvalue weighted by atomic mass is 35.5. The summed E-state index contributed by atoms with van der Waals surface area (Å²) in [6, 6.07) is 5.51. The molecule has 0 aliphatic heterocycles. The lowest BCUT2D eigenvalue weighted by Gasteiger charge is -2.19. The molecule has 0 spiro atoms. The number of amides is 1. The first kappa shape index (κ1) is 13.2. The first-order valence-electron chi connectivity index (χ1n) is 6.23. The molecule has 98 valence electrons. The van der Waals surface area contributed by atoms with Gasteiger partial charge in [0.15, 0.2) is 0 Å². The summed E-state index contributed by atoms with van der Waals surface area (Å²) in [5, 5.41) is 4.05. The summed E-state index contributed by atoms with van der Waals surface area (Å²) in [6.07, 6.45) is 3.45. The normalized spacial score (nSPS) is 21.8. The molecule has 2 rings (SSSR count). The Labute approximate surface area is 113 Å². The van der Waals surface area contributed by atoms with Gasteiger partial charge in [-0.05, 0) is 42.9 Å². The van der Waals surface area contributed by atoms with Crippen LogP contribution in [0, 0.1) is 5.41 Å². The molecule has 1 aromatic carbocycles. The Morgan fingerprint density at radius 2 is 2.22 bits per heavy atom. The lowest BCUT2D eigenvalue weighted by atomic mass is 9.92. The molecular weight excluding hydrogens is 248 g/mol. The number of carbonyl (C=O) groups is 1. The maximum atomic E-state index is 11.2. The average Bonchev–Trinajstić information content (AvgIpc) is 2.61. The number of nitrogens with one attached hydrogen (secondary N) is 1. The SMILES string of the molecule is CC1(C)CCC(Nc2cc(C(N)=O)ccc2Cl)C1. The Hall–Kier alpha value is -1.22. The summed E-state index contributed by atoms with van der Waals surface area (Å²) >= 11 is 6.14. The topological polar surface area (TPSA) is 55.1 Å². The maximum absolute atomic E-state index is 11.2. The minimum atomic E-state index is -0.429. The molecule has 1 amide bonds. The van der Waals surface area contributed by atoms with Crippen molar-refractivity contribution >= 4 is 23.2 Å². The molecule has 1 fully saturated rings. The van der Waals surface area contributed by atoms with Crippen LogP contribution in [-0.4, -0.2) is 11.9 Å². The molecule has 3 nitrogen and oxygen atoms in total. The van der Waals surface area contributed by atoms with Crippen LogP contribution < -0.4 is 11.1 Å². The van der Waals surface area contributed by atoms with Crippen LogP contribution in [0.4, 0.5) is 5.69 Å². The predicted molar refractivity (Wildman–Crippen MR) is 75.0 cm³/mol. The molecule has 1 aromatic rings. The van der Waals surface area contributed by atoms with Gasteiger partial charge in [0, 0.05) is 11.6 Å². The van der Waals surface area contributed by atoms with Crippen molar-refractivity contribution in [3.05, 3.63) is 28.8 Å². The minimum Gasteiger partial charge on any atom is -0.381 e. The highest BCUT2D eigenvalue weighted by Crippen LogP contribution is 2.39. The van der Waals surface area contributed by atoms with Crippen molar-refractivity contribution in [3.63, 3.8) is 0 Å². The van der Waals surface area contributed by atoms with Crippen molar-refractivity contribution in [2.45, 2.75) is 39.2 Å². The second kappa shape index (κ2) is 4.81. The van der Waals surface area contributed by atoms with Crippen molar-refractivity contribution in [3.8, 4) is 0 Å². The highest BCUT2D eigenvalue weighted by molar-refractivity contribution is 6.33. The van der Waals surface area contributed by atoms with Crippen molar-refractivity contribution in [1.82, 2.24) is 0 Å². The molecule has 0 heterocycles. The van der Waals surface area contributed by atoms with E-state index in [1.807, 2.05) is 0 Å². The molecule has 1 unspecified atom stereocenters. The molecule has 4 heteroatoms. The first-order valence-corrected chi connectivity index (χ1v) is 6.61. The monoisotopic (exact) mass is 266 g/mol. The van der Waals surface area contributed by atoms with Gasteiger partial charge in [-0.1, -0.05) is 25.4 Å². The molecular formula is C14H19ClN2O. The zero-order chi connectivity index (χ0) is 13.3. The minimum absolute atomic E-state index is 0.380. The lowest BCUT2D eigenvalue weighted by molar-refractivity contribution is 0.100. The standard InChI is InChI=1S/C14H19ClN2O/c1-14(2)6-5-10(8-14)17-12-7-9(13(16)18)3-4-11(12)15/h3-4,7,10,17H,5-6,8H2,1-2H3,(H2,16,18). The van der Waals surface area contributed by atoms with Gasteiger partial charge in [0.2, 0.25) is 5.91 Å². The van der Waals surface area contributed by atoms with E-state index in [0.717, 1.165) is 18.5 Å². The molecule has 0 bridgehead atoms. The van der Waals surface area contributed by atoms with Gasteiger partial charge in [-0.3, -0.25) is 4.79 Å². The van der Waals surface area contributed by atoms with E-state index in [1.54, 1.807) is 18.2 Å². The number of hydrogen-bond acceptors (Lipinski definition) is 2. The van der Waals surface area contributed by atoms with E-state index in [1.165, 1.54) is 6.42 Å². The molecule has 0 saturated heterocycles. The second-order valence-electron chi connectivity index (χ2n) is 5.81. The fraction of sp³-hybridized carbons (Fsp3) is 0.500. The van der Waals surface area contributed by atoms with Crippen LogP contribution in [0.15, 0.2) is 18.2 Å². The van der Waals surface area contributed by atoms with Gasteiger partial charge >= 0.3 is 0 Å². The van der Waals surface area contributed by atoms with Crippen molar-refractivity contribution < 1.29 is 4.79 Å². The number of halogens is 1. The van der Waals surface area contributed by atoms with E-state index in [0.29, 0.717) is 22.0 Å². The van der Waals surface area contributed by atoms with Gasteiger partial charge in [0.25, 0.3) is 0 Å². The third-order valence-electron chi connectivity index (χ3n) is 3.58. The van der Waals surface area contributed by atoms with Crippen LogP contribution in [0.25, 0.3) is 0 Å². The van der Waals surface area contributed by atoms with E-state index in [-0.39, 0.29) is 0 Å². The summed E-state index contributed by atoms with van der Waals surface area (Å²) < 4.78 is 0. The molecule has 18 heavy (non-hydrogen) atoms. The van der Waals surface area contributed by atoms with E-state index in [9.17, 15) is 4.79 Å². The van der Waals surface area contributed by atoms with Gasteiger partial charge in [0.05, 0.1) is 10.7 Å². The Morgan fingerprint density at radius 1 is 1.50 bits per heavy atom.